The van der Waals surface area contributed by atoms with Crippen LogP contribution in [0.1, 0.15) is 35.6 Å². The SMILES string of the molecule is CCC(N)C(Sc1nc(C)c(C)o1)c1ccccc1OC. The zero-order valence-electron chi connectivity index (χ0n) is 12.9. The van der Waals surface area contributed by atoms with Crippen LogP contribution in [0.25, 0.3) is 0 Å². The fourth-order valence-corrected chi connectivity index (χ4v) is 3.37. The zero-order chi connectivity index (χ0) is 15.4. The molecule has 114 valence electrons. The highest BCUT2D eigenvalue weighted by Gasteiger charge is 2.25. The van der Waals surface area contributed by atoms with E-state index >= 15 is 0 Å². The number of oxazole rings is 1. The summed E-state index contributed by atoms with van der Waals surface area (Å²) in [7, 11) is 1.68. The number of benzene rings is 1. The van der Waals surface area contributed by atoms with Crippen molar-refractivity contribution in [2.75, 3.05) is 7.11 Å². The lowest BCUT2D eigenvalue weighted by atomic mass is 10.0. The summed E-state index contributed by atoms with van der Waals surface area (Å²) in [6.45, 7) is 5.95. The second-order valence-corrected chi connectivity index (χ2v) is 6.07. The van der Waals surface area contributed by atoms with Gasteiger partial charge in [0.15, 0.2) is 0 Å². The van der Waals surface area contributed by atoms with Gasteiger partial charge in [-0.3, -0.25) is 0 Å². The molecule has 1 aromatic carbocycles. The molecule has 0 aliphatic rings. The molecular weight excluding hydrogens is 284 g/mol. The van der Waals surface area contributed by atoms with Crippen molar-refractivity contribution in [1.82, 2.24) is 4.98 Å². The summed E-state index contributed by atoms with van der Waals surface area (Å²) in [6, 6.07) is 7.96. The Bertz CT molecular complexity index is 578. The Hall–Kier alpha value is -1.46. The summed E-state index contributed by atoms with van der Waals surface area (Å²) < 4.78 is 11.2. The van der Waals surface area contributed by atoms with Gasteiger partial charge in [-0.1, -0.05) is 36.9 Å². The van der Waals surface area contributed by atoms with Crippen molar-refractivity contribution in [3.05, 3.63) is 41.3 Å². The third-order valence-electron chi connectivity index (χ3n) is 3.54. The third kappa shape index (κ3) is 3.60. The van der Waals surface area contributed by atoms with Crippen LogP contribution < -0.4 is 10.5 Å². The van der Waals surface area contributed by atoms with Gasteiger partial charge in [-0.25, -0.2) is 4.98 Å². The van der Waals surface area contributed by atoms with Gasteiger partial charge in [0.05, 0.1) is 18.1 Å². The Morgan fingerprint density at radius 2 is 2.05 bits per heavy atom. The van der Waals surface area contributed by atoms with Gasteiger partial charge in [0.25, 0.3) is 5.22 Å². The summed E-state index contributed by atoms with van der Waals surface area (Å²) in [5.74, 6) is 1.69. The van der Waals surface area contributed by atoms with E-state index in [-0.39, 0.29) is 11.3 Å². The summed E-state index contributed by atoms with van der Waals surface area (Å²) in [4.78, 5) is 4.45. The molecule has 0 aliphatic heterocycles. The van der Waals surface area contributed by atoms with Crippen LogP contribution in [0.15, 0.2) is 33.9 Å². The monoisotopic (exact) mass is 306 g/mol. The summed E-state index contributed by atoms with van der Waals surface area (Å²) in [6.07, 6.45) is 0.869. The normalized spacial score (nSPS) is 14.0. The van der Waals surface area contributed by atoms with Crippen molar-refractivity contribution in [1.29, 1.82) is 0 Å². The first-order valence-corrected chi connectivity index (χ1v) is 7.94. The Morgan fingerprint density at radius 1 is 1.33 bits per heavy atom. The fourth-order valence-electron chi connectivity index (χ4n) is 2.10. The third-order valence-corrected chi connectivity index (χ3v) is 4.78. The Kier molecular flexibility index (Phi) is 5.31. The smallest absolute Gasteiger partial charge is 0.256 e. The van der Waals surface area contributed by atoms with Gasteiger partial charge in [-0.2, -0.15) is 0 Å². The van der Waals surface area contributed by atoms with Crippen LogP contribution in [0.5, 0.6) is 5.75 Å². The van der Waals surface area contributed by atoms with Gasteiger partial charge in [0.2, 0.25) is 0 Å². The largest absolute Gasteiger partial charge is 0.496 e. The average molecular weight is 306 g/mol. The number of nitrogens with zero attached hydrogens (tertiary/aromatic N) is 1. The predicted molar refractivity (Wildman–Crippen MR) is 85.8 cm³/mol. The highest BCUT2D eigenvalue weighted by Crippen LogP contribution is 2.41. The molecule has 0 aliphatic carbocycles. The summed E-state index contributed by atoms with van der Waals surface area (Å²) >= 11 is 1.56. The minimum atomic E-state index is -0.00110. The number of hydrogen-bond donors (Lipinski definition) is 1. The van der Waals surface area contributed by atoms with Crippen molar-refractivity contribution in [2.24, 2.45) is 5.73 Å². The molecule has 2 aromatic rings. The molecule has 2 rings (SSSR count). The van der Waals surface area contributed by atoms with Gasteiger partial charge in [0, 0.05) is 11.6 Å². The maximum atomic E-state index is 6.32. The number of aromatic nitrogens is 1. The van der Waals surface area contributed by atoms with E-state index < -0.39 is 0 Å². The van der Waals surface area contributed by atoms with E-state index in [9.17, 15) is 0 Å². The molecule has 0 saturated carbocycles. The van der Waals surface area contributed by atoms with Crippen LogP contribution in [0, 0.1) is 13.8 Å². The molecular formula is C16H22N2O2S. The topological polar surface area (TPSA) is 61.3 Å². The van der Waals surface area contributed by atoms with Crippen LogP contribution in [0.3, 0.4) is 0 Å². The van der Waals surface area contributed by atoms with E-state index in [1.54, 1.807) is 18.9 Å². The number of hydrogen-bond acceptors (Lipinski definition) is 5. The zero-order valence-corrected chi connectivity index (χ0v) is 13.7. The number of methoxy groups -OCH3 is 1. The first-order valence-electron chi connectivity index (χ1n) is 7.06. The molecule has 1 heterocycles. The van der Waals surface area contributed by atoms with Gasteiger partial charge < -0.3 is 14.9 Å². The van der Waals surface area contributed by atoms with Crippen molar-refractivity contribution in [2.45, 2.75) is 43.7 Å². The predicted octanol–water partition coefficient (Wildman–Crippen LogP) is 3.87. The first-order chi connectivity index (χ1) is 10.1. The highest BCUT2D eigenvalue weighted by atomic mass is 32.2. The molecule has 2 unspecified atom stereocenters. The van der Waals surface area contributed by atoms with Crippen molar-refractivity contribution in [3.63, 3.8) is 0 Å². The number of ether oxygens (including phenoxy) is 1. The van der Waals surface area contributed by atoms with E-state index in [0.717, 1.165) is 29.2 Å². The van der Waals surface area contributed by atoms with E-state index in [1.165, 1.54) is 0 Å². The van der Waals surface area contributed by atoms with Crippen LogP contribution in [0.4, 0.5) is 0 Å². The Morgan fingerprint density at radius 3 is 2.62 bits per heavy atom. The van der Waals surface area contributed by atoms with Crippen molar-refractivity contribution in [3.8, 4) is 5.75 Å². The molecule has 0 bridgehead atoms. The van der Waals surface area contributed by atoms with Gasteiger partial charge >= 0.3 is 0 Å². The lowest BCUT2D eigenvalue weighted by molar-refractivity contribution is 0.406. The number of aryl methyl sites for hydroxylation is 2. The minimum absolute atomic E-state index is 0.00110. The average Bonchev–Trinajstić information content (AvgIpc) is 2.82. The molecule has 5 heteroatoms. The molecule has 21 heavy (non-hydrogen) atoms. The van der Waals surface area contributed by atoms with E-state index in [2.05, 4.69) is 18.0 Å². The number of thioether (sulfide) groups is 1. The molecule has 0 amide bonds. The van der Waals surface area contributed by atoms with E-state index in [4.69, 9.17) is 14.9 Å². The first kappa shape index (κ1) is 15.9. The maximum absolute atomic E-state index is 6.32. The van der Waals surface area contributed by atoms with Crippen LogP contribution in [-0.4, -0.2) is 18.1 Å². The van der Waals surface area contributed by atoms with Gasteiger partial charge in [-0.15, -0.1) is 0 Å². The number of para-hydroxylation sites is 1. The Labute approximate surface area is 130 Å². The van der Waals surface area contributed by atoms with Gasteiger partial charge in [0.1, 0.15) is 11.5 Å². The molecule has 0 saturated heterocycles. The number of nitrogens with two attached hydrogens (primary N) is 1. The fraction of sp³-hybridized carbons (Fsp3) is 0.438. The minimum Gasteiger partial charge on any atom is -0.496 e. The second kappa shape index (κ2) is 7.00. The van der Waals surface area contributed by atoms with Gasteiger partial charge in [-0.05, 0) is 26.3 Å². The molecule has 2 N–H and O–H groups in total. The van der Waals surface area contributed by atoms with Crippen LogP contribution in [-0.2, 0) is 0 Å². The lowest BCUT2D eigenvalue weighted by Gasteiger charge is -2.23. The number of rotatable bonds is 6. The molecule has 4 nitrogen and oxygen atoms in total. The molecule has 2 atom stereocenters. The van der Waals surface area contributed by atoms with Crippen LogP contribution in [0.2, 0.25) is 0 Å². The summed E-state index contributed by atoms with van der Waals surface area (Å²) in [5.41, 5.74) is 8.31. The Balaban J connectivity index is 2.34. The lowest BCUT2D eigenvalue weighted by Crippen LogP contribution is -2.26. The van der Waals surface area contributed by atoms with Crippen LogP contribution >= 0.6 is 11.8 Å². The molecule has 0 fully saturated rings. The van der Waals surface area contributed by atoms with E-state index in [0.29, 0.717) is 5.22 Å². The molecule has 0 radical (unpaired) electrons. The second-order valence-electron chi connectivity index (χ2n) is 4.97. The summed E-state index contributed by atoms with van der Waals surface area (Å²) in [5, 5.41) is 0.702. The maximum Gasteiger partial charge on any atom is 0.256 e. The van der Waals surface area contributed by atoms with Crippen molar-refractivity contribution >= 4 is 11.8 Å². The molecule has 1 aromatic heterocycles. The standard InChI is InChI=1S/C16H22N2O2S/c1-5-13(17)15(12-8-6-7-9-14(12)19-4)21-16-18-10(2)11(3)20-16/h6-9,13,15H,5,17H2,1-4H3. The quantitative estimate of drug-likeness (QED) is 0.821. The molecule has 0 spiro atoms. The van der Waals surface area contributed by atoms with E-state index in [1.807, 2.05) is 32.0 Å². The highest BCUT2D eigenvalue weighted by molar-refractivity contribution is 7.99. The van der Waals surface area contributed by atoms with Crippen molar-refractivity contribution < 1.29 is 9.15 Å².